The molecule has 0 radical (unpaired) electrons. The minimum Gasteiger partial charge on any atom is -0.478 e. The number of hydrogen-bond donors (Lipinski definition) is 2. The van der Waals surface area contributed by atoms with Gasteiger partial charge >= 0.3 is 5.97 Å². The van der Waals surface area contributed by atoms with Crippen molar-refractivity contribution in [1.82, 2.24) is 4.98 Å². The number of benzene rings is 1. The van der Waals surface area contributed by atoms with Crippen LogP contribution < -0.4 is 5.43 Å². The summed E-state index contributed by atoms with van der Waals surface area (Å²) in [5.74, 6) is -1.01. The fourth-order valence-corrected chi connectivity index (χ4v) is 2.59. The standard InChI is InChI=1S/C16H19NO3/c1-4-9-7-11-14(12(8-9)16(19)20)17-13(6-3)10(5-2)15(11)18/h7-8H,4-6H2,1-3H3,(H,17,18)(H,19,20). The number of hydrogen-bond acceptors (Lipinski definition) is 2. The minimum absolute atomic E-state index is 0.0455. The number of aromatic amines is 1. The van der Waals surface area contributed by atoms with Crippen LogP contribution in [0.25, 0.3) is 10.9 Å². The van der Waals surface area contributed by atoms with Crippen molar-refractivity contribution in [3.05, 3.63) is 44.7 Å². The summed E-state index contributed by atoms with van der Waals surface area (Å²) in [5, 5.41) is 9.84. The van der Waals surface area contributed by atoms with Gasteiger partial charge in [0.25, 0.3) is 0 Å². The van der Waals surface area contributed by atoms with Crippen LogP contribution in [-0.2, 0) is 19.3 Å². The van der Waals surface area contributed by atoms with Gasteiger partial charge in [0.1, 0.15) is 0 Å². The second kappa shape index (κ2) is 5.49. The quantitative estimate of drug-likeness (QED) is 0.899. The molecule has 0 fully saturated rings. The van der Waals surface area contributed by atoms with Crippen molar-refractivity contribution in [2.75, 3.05) is 0 Å². The van der Waals surface area contributed by atoms with Gasteiger partial charge < -0.3 is 10.1 Å². The second-order valence-corrected chi connectivity index (χ2v) is 4.84. The Bertz CT molecular complexity index is 729. The van der Waals surface area contributed by atoms with Crippen LogP contribution >= 0.6 is 0 Å². The highest BCUT2D eigenvalue weighted by atomic mass is 16.4. The normalized spacial score (nSPS) is 10.9. The van der Waals surface area contributed by atoms with Crippen LogP contribution in [0, 0.1) is 0 Å². The zero-order valence-electron chi connectivity index (χ0n) is 12.0. The van der Waals surface area contributed by atoms with Gasteiger partial charge in [0, 0.05) is 16.6 Å². The molecule has 1 aromatic heterocycles. The number of fused-ring (bicyclic) bond motifs is 1. The van der Waals surface area contributed by atoms with E-state index in [2.05, 4.69) is 4.98 Å². The number of nitrogens with one attached hydrogen (secondary N) is 1. The third-order valence-electron chi connectivity index (χ3n) is 3.70. The number of aryl methyl sites for hydroxylation is 2. The molecule has 2 rings (SSSR count). The van der Waals surface area contributed by atoms with E-state index in [0.29, 0.717) is 30.2 Å². The number of rotatable bonds is 4. The van der Waals surface area contributed by atoms with Gasteiger partial charge in [-0.1, -0.05) is 20.8 Å². The largest absolute Gasteiger partial charge is 0.478 e. The Balaban J connectivity index is 2.97. The summed E-state index contributed by atoms with van der Waals surface area (Å²) in [7, 11) is 0. The Morgan fingerprint density at radius 1 is 1.15 bits per heavy atom. The molecule has 1 heterocycles. The first-order valence-electron chi connectivity index (χ1n) is 6.97. The van der Waals surface area contributed by atoms with E-state index in [9.17, 15) is 14.7 Å². The van der Waals surface area contributed by atoms with Crippen LogP contribution in [0.4, 0.5) is 0 Å². The molecule has 0 bridgehead atoms. The Morgan fingerprint density at radius 3 is 2.35 bits per heavy atom. The highest BCUT2D eigenvalue weighted by molar-refractivity contribution is 6.02. The van der Waals surface area contributed by atoms with E-state index in [1.54, 1.807) is 12.1 Å². The van der Waals surface area contributed by atoms with Crippen molar-refractivity contribution in [2.24, 2.45) is 0 Å². The van der Waals surface area contributed by atoms with Crippen LogP contribution in [0.3, 0.4) is 0 Å². The number of pyridine rings is 1. The van der Waals surface area contributed by atoms with Gasteiger partial charge in [-0.05, 0) is 37.0 Å². The van der Waals surface area contributed by atoms with Crippen molar-refractivity contribution < 1.29 is 9.90 Å². The number of carboxylic acids is 1. The summed E-state index contributed by atoms with van der Waals surface area (Å²) in [6.07, 6.45) is 2.03. The monoisotopic (exact) mass is 273 g/mol. The molecule has 0 spiro atoms. The lowest BCUT2D eigenvalue weighted by Gasteiger charge is -2.11. The van der Waals surface area contributed by atoms with Crippen LogP contribution in [0.15, 0.2) is 16.9 Å². The van der Waals surface area contributed by atoms with Crippen molar-refractivity contribution in [3.8, 4) is 0 Å². The molecule has 0 saturated heterocycles. The van der Waals surface area contributed by atoms with E-state index in [-0.39, 0.29) is 11.0 Å². The van der Waals surface area contributed by atoms with E-state index < -0.39 is 5.97 Å². The van der Waals surface area contributed by atoms with Gasteiger partial charge in [-0.3, -0.25) is 4.79 Å². The third-order valence-corrected chi connectivity index (χ3v) is 3.70. The first kappa shape index (κ1) is 14.3. The predicted molar refractivity (Wildman–Crippen MR) is 79.7 cm³/mol. The summed E-state index contributed by atoms with van der Waals surface area (Å²) in [5.41, 5.74) is 3.02. The molecule has 4 heteroatoms. The molecule has 20 heavy (non-hydrogen) atoms. The molecule has 1 aromatic carbocycles. The molecule has 0 aliphatic rings. The molecular formula is C16H19NO3. The average Bonchev–Trinajstić information content (AvgIpc) is 2.45. The number of H-pyrrole nitrogens is 1. The predicted octanol–water partition coefficient (Wildman–Crippen LogP) is 2.91. The number of carboxylic acid groups (broad SMARTS) is 1. The first-order chi connectivity index (χ1) is 9.53. The second-order valence-electron chi connectivity index (χ2n) is 4.84. The SMILES string of the molecule is CCc1cc(C(=O)O)c2[nH]c(CC)c(CC)c(=O)c2c1. The molecule has 0 unspecified atom stereocenters. The summed E-state index contributed by atoms with van der Waals surface area (Å²) in [6.45, 7) is 5.84. The van der Waals surface area contributed by atoms with E-state index in [1.807, 2.05) is 20.8 Å². The molecular weight excluding hydrogens is 254 g/mol. The molecule has 0 atom stereocenters. The van der Waals surface area contributed by atoms with Gasteiger partial charge in [0.15, 0.2) is 5.43 Å². The summed E-state index contributed by atoms with van der Waals surface area (Å²) in [6, 6.07) is 3.45. The highest BCUT2D eigenvalue weighted by Crippen LogP contribution is 2.20. The van der Waals surface area contributed by atoms with Gasteiger partial charge in [-0.2, -0.15) is 0 Å². The van der Waals surface area contributed by atoms with Crippen LogP contribution in [-0.4, -0.2) is 16.1 Å². The fraction of sp³-hybridized carbons (Fsp3) is 0.375. The van der Waals surface area contributed by atoms with Gasteiger partial charge in [0.05, 0.1) is 11.1 Å². The van der Waals surface area contributed by atoms with Crippen molar-refractivity contribution in [2.45, 2.75) is 40.0 Å². The Morgan fingerprint density at radius 2 is 1.85 bits per heavy atom. The highest BCUT2D eigenvalue weighted by Gasteiger charge is 2.16. The summed E-state index contributed by atoms with van der Waals surface area (Å²) >= 11 is 0. The number of aromatic carboxylic acids is 1. The minimum atomic E-state index is -1.01. The Hall–Kier alpha value is -2.10. The van der Waals surface area contributed by atoms with Crippen molar-refractivity contribution in [1.29, 1.82) is 0 Å². The molecule has 0 aliphatic heterocycles. The third kappa shape index (κ3) is 2.22. The van der Waals surface area contributed by atoms with Crippen molar-refractivity contribution in [3.63, 3.8) is 0 Å². The Kier molecular flexibility index (Phi) is 3.93. The number of aromatic nitrogens is 1. The van der Waals surface area contributed by atoms with E-state index in [4.69, 9.17) is 0 Å². The first-order valence-corrected chi connectivity index (χ1v) is 6.97. The van der Waals surface area contributed by atoms with Gasteiger partial charge in [-0.25, -0.2) is 4.79 Å². The zero-order valence-corrected chi connectivity index (χ0v) is 12.0. The number of carbonyl (C=O) groups is 1. The van der Waals surface area contributed by atoms with Crippen molar-refractivity contribution >= 4 is 16.9 Å². The molecule has 0 saturated carbocycles. The topological polar surface area (TPSA) is 70.2 Å². The van der Waals surface area contributed by atoms with Crippen LogP contribution in [0.2, 0.25) is 0 Å². The lowest BCUT2D eigenvalue weighted by Crippen LogP contribution is -2.16. The molecule has 2 aromatic rings. The Labute approximate surface area is 117 Å². The summed E-state index contributed by atoms with van der Waals surface area (Å²) in [4.78, 5) is 27.2. The van der Waals surface area contributed by atoms with E-state index in [1.165, 1.54) is 0 Å². The van der Waals surface area contributed by atoms with E-state index >= 15 is 0 Å². The maximum absolute atomic E-state index is 12.6. The molecule has 106 valence electrons. The molecule has 0 aliphatic carbocycles. The maximum Gasteiger partial charge on any atom is 0.337 e. The van der Waals surface area contributed by atoms with Gasteiger partial charge in [-0.15, -0.1) is 0 Å². The molecule has 2 N–H and O–H groups in total. The average molecular weight is 273 g/mol. The maximum atomic E-state index is 12.6. The van der Waals surface area contributed by atoms with E-state index in [0.717, 1.165) is 16.8 Å². The fourth-order valence-electron chi connectivity index (χ4n) is 2.59. The molecule has 4 nitrogen and oxygen atoms in total. The smallest absolute Gasteiger partial charge is 0.337 e. The lowest BCUT2D eigenvalue weighted by atomic mass is 9.99. The van der Waals surface area contributed by atoms with Crippen LogP contribution in [0.1, 0.15) is 48.0 Å². The van der Waals surface area contributed by atoms with Gasteiger partial charge in [0.2, 0.25) is 0 Å². The zero-order chi connectivity index (χ0) is 14.9. The lowest BCUT2D eigenvalue weighted by molar-refractivity contribution is 0.0698. The molecule has 0 amide bonds. The van der Waals surface area contributed by atoms with Crippen LogP contribution in [0.5, 0.6) is 0 Å². The summed E-state index contributed by atoms with van der Waals surface area (Å²) < 4.78 is 0.